The summed E-state index contributed by atoms with van der Waals surface area (Å²) in [5.41, 5.74) is 0.807. The van der Waals surface area contributed by atoms with Crippen molar-refractivity contribution < 1.29 is 4.39 Å². The van der Waals surface area contributed by atoms with Gasteiger partial charge in [-0.15, -0.1) is 0 Å². The van der Waals surface area contributed by atoms with Gasteiger partial charge >= 0.3 is 0 Å². The molecule has 0 aliphatic heterocycles. The van der Waals surface area contributed by atoms with Gasteiger partial charge in [0.05, 0.1) is 6.07 Å². The topological polar surface area (TPSA) is 35.8 Å². The molecule has 0 fully saturated rings. The van der Waals surface area contributed by atoms with Gasteiger partial charge < -0.3 is 5.32 Å². The molecule has 1 aromatic carbocycles. The fourth-order valence-electron chi connectivity index (χ4n) is 1.41. The van der Waals surface area contributed by atoms with E-state index in [1.54, 1.807) is 0 Å². The lowest BCUT2D eigenvalue weighted by Gasteiger charge is -2.28. The Morgan fingerprint density at radius 3 is 2.44 bits per heavy atom. The molecule has 1 atom stereocenters. The molecule has 0 amide bonds. The van der Waals surface area contributed by atoms with Crippen molar-refractivity contribution in [3.8, 4) is 6.07 Å². The van der Waals surface area contributed by atoms with Gasteiger partial charge in [0, 0.05) is 5.69 Å². The zero-order chi connectivity index (χ0) is 12.3. The van der Waals surface area contributed by atoms with Crippen LogP contribution in [0.1, 0.15) is 26.3 Å². The Balaban J connectivity index is 3.00. The predicted octanol–water partition coefficient (Wildman–Crippen LogP) is 3.48. The van der Waals surface area contributed by atoms with Crippen LogP contribution in [-0.4, -0.2) is 5.54 Å². The molecular formula is C13H17FN2. The van der Waals surface area contributed by atoms with Crippen molar-refractivity contribution in [2.24, 2.45) is 5.92 Å². The van der Waals surface area contributed by atoms with E-state index in [1.165, 1.54) is 12.1 Å². The summed E-state index contributed by atoms with van der Waals surface area (Å²) in [7, 11) is 0. The maximum atomic E-state index is 13.2. The fourth-order valence-corrected chi connectivity index (χ4v) is 1.41. The molecule has 3 heteroatoms. The summed E-state index contributed by atoms with van der Waals surface area (Å²) in [6.07, 6.45) is 0. The first-order valence-electron chi connectivity index (χ1n) is 5.34. The number of rotatable bonds is 3. The molecule has 0 aliphatic rings. The molecule has 0 aliphatic carbocycles. The van der Waals surface area contributed by atoms with Gasteiger partial charge in [0.1, 0.15) is 11.4 Å². The molecular weight excluding hydrogens is 203 g/mol. The number of halogens is 1. The Morgan fingerprint density at radius 1 is 1.38 bits per heavy atom. The Kier molecular flexibility index (Phi) is 3.54. The second-order valence-electron chi connectivity index (χ2n) is 4.61. The van der Waals surface area contributed by atoms with Crippen molar-refractivity contribution in [1.29, 1.82) is 5.26 Å². The lowest BCUT2D eigenvalue weighted by molar-refractivity contribution is 0.463. The third kappa shape index (κ3) is 2.73. The quantitative estimate of drug-likeness (QED) is 0.846. The highest BCUT2D eigenvalue weighted by Gasteiger charge is 2.27. The number of nitriles is 1. The zero-order valence-electron chi connectivity index (χ0n) is 10.1. The Bertz CT molecular complexity index is 400. The summed E-state index contributed by atoms with van der Waals surface area (Å²) in [6.45, 7) is 7.57. The summed E-state index contributed by atoms with van der Waals surface area (Å²) in [5.74, 6) is -0.146. The van der Waals surface area contributed by atoms with E-state index < -0.39 is 5.54 Å². The average molecular weight is 220 g/mol. The summed E-state index contributed by atoms with van der Waals surface area (Å²) >= 11 is 0. The molecule has 2 nitrogen and oxygen atoms in total. The van der Waals surface area contributed by atoms with E-state index in [1.807, 2.05) is 33.8 Å². The summed E-state index contributed by atoms with van der Waals surface area (Å²) in [4.78, 5) is 0. The van der Waals surface area contributed by atoms with Gasteiger partial charge in [-0.2, -0.15) is 5.26 Å². The van der Waals surface area contributed by atoms with Crippen LogP contribution in [0.15, 0.2) is 18.2 Å². The standard InChI is InChI=1S/C13H17FN2/c1-9(2)13(4,8-15)16-12-6-10(3)5-11(14)7-12/h5-7,9,16H,1-4H3. The number of nitrogens with zero attached hydrogens (tertiary/aromatic N) is 1. The van der Waals surface area contributed by atoms with Gasteiger partial charge in [-0.1, -0.05) is 13.8 Å². The maximum Gasteiger partial charge on any atom is 0.125 e. The van der Waals surface area contributed by atoms with Gasteiger partial charge in [-0.05, 0) is 43.5 Å². The molecule has 16 heavy (non-hydrogen) atoms. The minimum Gasteiger partial charge on any atom is -0.367 e. The molecule has 1 aromatic rings. The molecule has 0 saturated carbocycles. The van der Waals surface area contributed by atoms with Crippen LogP contribution in [-0.2, 0) is 0 Å². The van der Waals surface area contributed by atoms with E-state index in [9.17, 15) is 4.39 Å². The van der Waals surface area contributed by atoms with E-state index in [0.717, 1.165) is 5.56 Å². The summed E-state index contributed by atoms with van der Waals surface area (Å²) < 4.78 is 13.2. The second-order valence-corrected chi connectivity index (χ2v) is 4.61. The van der Waals surface area contributed by atoms with Crippen molar-refractivity contribution in [3.63, 3.8) is 0 Å². The van der Waals surface area contributed by atoms with Gasteiger partial charge in [-0.25, -0.2) is 4.39 Å². The number of anilines is 1. The van der Waals surface area contributed by atoms with Crippen molar-refractivity contribution in [2.75, 3.05) is 5.32 Å². The normalized spacial score (nSPS) is 14.3. The number of nitrogens with one attached hydrogen (secondary N) is 1. The SMILES string of the molecule is Cc1cc(F)cc(NC(C)(C#N)C(C)C)c1. The third-order valence-corrected chi connectivity index (χ3v) is 2.83. The lowest BCUT2D eigenvalue weighted by atomic mass is 9.89. The number of hydrogen-bond donors (Lipinski definition) is 1. The molecule has 0 bridgehead atoms. The van der Waals surface area contributed by atoms with Gasteiger partial charge in [-0.3, -0.25) is 0 Å². The van der Waals surface area contributed by atoms with Gasteiger partial charge in [0.15, 0.2) is 0 Å². The van der Waals surface area contributed by atoms with Crippen LogP contribution < -0.4 is 5.32 Å². The molecule has 0 radical (unpaired) electrons. The van der Waals surface area contributed by atoms with Crippen molar-refractivity contribution >= 4 is 5.69 Å². The first-order chi connectivity index (χ1) is 7.37. The predicted molar refractivity (Wildman–Crippen MR) is 63.6 cm³/mol. The maximum absolute atomic E-state index is 13.2. The Morgan fingerprint density at radius 2 is 2.00 bits per heavy atom. The molecule has 1 unspecified atom stereocenters. The second kappa shape index (κ2) is 4.52. The number of hydrogen-bond acceptors (Lipinski definition) is 2. The molecule has 0 heterocycles. The summed E-state index contributed by atoms with van der Waals surface area (Å²) in [6, 6.07) is 6.94. The van der Waals surface area contributed by atoms with E-state index >= 15 is 0 Å². The molecule has 86 valence electrons. The smallest absolute Gasteiger partial charge is 0.125 e. The molecule has 0 spiro atoms. The Hall–Kier alpha value is -1.56. The number of benzene rings is 1. The van der Waals surface area contributed by atoms with Crippen LogP contribution in [0.25, 0.3) is 0 Å². The third-order valence-electron chi connectivity index (χ3n) is 2.83. The van der Waals surface area contributed by atoms with Crippen LogP contribution in [0.3, 0.4) is 0 Å². The minimum absolute atomic E-state index is 0.140. The highest BCUT2D eigenvalue weighted by molar-refractivity contribution is 5.49. The average Bonchev–Trinajstić information content (AvgIpc) is 2.15. The monoisotopic (exact) mass is 220 g/mol. The largest absolute Gasteiger partial charge is 0.367 e. The lowest BCUT2D eigenvalue weighted by Crippen LogP contribution is -2.38. The van der Waals surface area contributed by atoms with Crippen LogP contribution in [0, 0.1) is 30.0 Å². The molecule has 0 aromatic heterocycles. The van der Waals surface area contributed by atoms with E-state index in [-0.39, 0.29) is 11.7 Å². The first kappa shape index (κ1) is 12.5. The van der Waals surface area contributed by atoms with Crippen LogP contribution in [0.5, 0.6) is 0 Å². The van der Waals surface area contributed by atoms with Crippen LogP contribution in [0.2, 0.25) is 0 Å². The van der Waals surface area contributed by atoms with E-state index in [0.29, 0.717) is 5.69 Å². The van der Waals surface area contributed by atoms with Crippen molar-refractivity contribution in [3.05, 3.63) is 29.6 Å². The van der Waals surface area contributed by atoms with E-state index in [2.05, 4.69) is 11.4 Å². The van der Waals surface area contributed by atoms with Crippen LogP contribution >= 0.6 is 0 Å². The van der Waals surface area contributed by atoms with Gasteiger partial charge in [0.25, 0.3) is 0 Å². The molecule has 1 rings (SSSR count). The Labute approximate surface area is 96.1 Å². The van der Waals surface area contributed by atoms with Crippen LogP contribution in [0.4, 0.5) is 10.1 Å². The van der Waals surface area contributed by atoms with Crippen molar-refractivity contribution in [1.82, 2.24) is 0 Å². The number of aryl methyl sites for hydroxylation is 1. The first-order valence-corrected chi connectivity index (χ1v) is 5.34. The highest BCUT2D eigenvalue weighted by atomic mass is 19.1. The minimum atomic E-state index is -0.680. The highest BCUT2D eigenvalue weighted by Crippen LogP contribution is 2.23. The molecule has 0 saturated heterocycles. The zero-order valence-corrected chi connectivity index (χ0v) is 10.1. The van der Waals surface area contributed by atoms with E-state index in [4.69, 9.17) is 5.26 Å². The van der Waals surface area contributed by atoms with Gasteiger partial charge in [0.2, 0.25) is 0 Å². The van der Waals surface area contributed by atoms with Crippen molar-refractivity contribution in [2.45, 2.75) is 33.2 Å². The molecule has 1 N–H and O–H groups in total. The fraction of sp³-hybridized carbons (Fsp3) is 0.462. The summed E-state index contributed by atoms with van der Waals surface area (Å²) in [5, 5.41) is 12.2.